The van der Waals surface area contributed by atoms with Gasteiger partial charge in [-0.1, -0.05) is 0 Å². The third-order valence-electron chi connectivity index (χ3n) is 3.34. The van der Waals surface area contributed by atoms with Crippen LogP contribution in [-0.4, -0.2) is 18.1 Å². The van der Waals surface area contributed by atoms with Gasteiger partial charge in [0.15, 0.2) is 0 Å². The van der Waals surface area contributed by atoms with Crippen molar-refractivity contribution in [2.45, 2.75) is 26.2 Å². The summed E-state index contributed by atoms with van der Waals surface area (Å²) in [5, 5.41) is 3.43. The summed E-state index contributed by atoms with van der Waals surface area (Å²) in [6, 6.07) is 2.00. The van der Waals surface area contributed by atoms with Gasteiger partial charge in [-0.2, -0.15) is 0 Å². The summed E-state index contributed by atoms with van der Waals surface area (Å²) in [6.45, 7) is 3.84. The van der Waals surface area contributed by atoms with E-state index in [2.05, 4.69) is 33.2 Å². The summed E-state index contributed by atoms with van der Waals surface area (Å²) < 4.78 is 1.07. The van der Waals surface area contributed by atoms with E-state index < -0.39 is 0 Å². The van der Waals surface area contributed by atoms with Crippen LogP contribution in [-0.2, 0) is 0 Å². The second kappa shape index (κ2) is 4.72. The fourth-order valence-corrected chi connectivity index (χ4v) is 2.31. The third-order valence-corrected chi connectivity index (χ3v) is 4.35. The molecule has 88 valence electrons. The fourth-order valence-electron chi connectivity index (χ4n) is 1.93. The van der Waals surface area contributed by atoms with Crippen molar-refractivity contribution in [1.29, 1.82) is 0 Å². The molecule has 1 heterocycles. The Hall–Kier alpha value is -0.610. The molecule has 0 aliphatic heterocycles. The number of aromatic nitrogens is 1. The number of hydrogen-bond donors (Lipinski definition) is 2. The van der Waals surface area contributed by atoms with Gasteiger partial charge in [0, 0.05) is 12.7 Å². The van der Waals surface area contributed by atoms with E-state index >= 15 is 0 Å². The van der Waals surface area contributed by atoms with E-state index in [4.69, 9.17) is 5.73 Å². The molecule has 3 N–H and O–H groups in total. The van der Waals surface area contributed by atoms with Crippen molar-refractivity contribution >= 4 is 21.7 Å². The lowest BCUT2D eigenvalue weighted by molar-refractivity contribution is 0.500. The van der Waals surface area contributed by atoms with E-state index in [0.29, 0.717) is 5.41 Å². The van der Waals surface area contributed by atoms with Crippen LogP contribution in [0.25, 0.3) is 0 Å². The van der Waals surface area contributed by atoms with Gasteiger partial charge in [0.25, 0.3) is 0 Å². The Morgan fingerprint density at radius 3 is 2.94 bits per heavy atom. The largest absolute Gasteiger partial charge is 0.369 e. The summed E-state index contributed by atoms with van der Waals surface area (Å²) in [7, 11) is 0. The monoisotopic (exact) mass is 283 g/mol. The number of nitrogens with one attached hydrogen (secondary N) is 1. The van der Waals surface area contributed by atoms with Gasteiger partial charge in [0.2, 0.25) is 0 Å². The molecule has 1 aliphatic carbocycles. The minimum Gasteiger partial charge on any atom is -0.369 e. The Kier molecular flexibility index (Phi) is 3.50. The molecule has 4 heteroatoms. The summed E-state index contributed by atoms with van der Waals surface area (Å²) in [5.74, 6) is 0.947. The van der Waals surface area contributed by atoms with E-state index in [1.807, 2.05) is 12.3 Å². The van der Waals surface area contributed by atoms with Crippen molar-refractivity contribution in [1.82, 2.24) is 4.98 Å². The SMILES string of the molecule is Cc1ccnc(NCC2(CCN)CC2)c1Br. The molecule has 2 rings (SSSR count). The van der Waals surface area contributed by atoms with Gasteiger partial charge in [-0.15, -0.1) is 0 Å². The first-order valence-electron chi connectivity index (χ1n) is 5.72. The highest BCUT2D eigenvalue weighted by Gasteiger charge is 2.41. The zero-order valence-electron chi connectivity index (χ0n) is 9.59. The lowest BCUT2D eigenvalue weighted by Crippen LogP contribution is -2.19. The molecule has 0 saturated heterocycles. The molecule has 1 saturated carbocycles. The van der Waals surface area contributed by atoms with E-state index in [0.717, 1.165) is 29.8 Å². The molecule has 1 aromatic rings. The number of halogens is 1. The molecule has 3 nitrogen and oxygen atoms in total. The molecule has 16 heavy (non-hydrogen) atoms. The highest BCUT2D eigenvalue weighted by atomic mass is 79.9. The summed E-state index contributed by atoms with van der Waals surface area (Å²) in [6.07, 6.45) is 5.54. The summed E-state index contributed by atoms with van der Waals surface area (Å²) in [5.41, 5.74) is 7.28. The van der Waals surface area contributed by atoms with Crippen LogP contribution in [0.15, 0.2) is 16.7 Å². The second-order valence-corrected chi connectivity index (χ2v) is 5.48. The number of nitrogens with zero attached hydrogens (tertiary/aromatic N) is 1. The van der Waals surface area contributed by atoms with Gasteiger partial charge in [0.1, 0.15) is 5.82 Å². The van der Waals surface area contributed by atoms with Gasteiger partial charge in [0.05, 0.1) is 4.47 Å². The van der Waals surface area contributed by atoms with Crippen LogP contribution in [0.3, 0.4) is 0 Å². The third kappa shape index (κ3) is 2.55. The fraction of sp³-hybridized carbons (Fsp3) is 0.583. The molecule has 0 atom stereocenters. The number of aryl methyl sites for hydroxylation is 1. The molecule has 1 aliphatic rings. The molecule has 0 radical (unpaired) electrons. The minimum atomic E-state index is 0.444. The van der Waals surface area contributed by atoms with Crippen molar-refractivity contribution in [2.24, 2.45) is 11.1 Å². The molecular weight excluding hydrogens is 266 g/mol. The van der Waals surface area contributed by atoms with Crippen molar-refractivity contribution in [2.75, 3.05) is 18.4 Å². The van der Waals surface area contributed by atoms with Crippen LogP contribution < -0.4 is 11.1 Å². The number of hydrogen-bond acceptors (Lipinski definition) is 3. The lowest BCUT2D eigenvalue weighted by atomic mass is 10.0. The van der Waals surface area contributed by atoms with Gasteiger partial charge in [-0.25, -0.2) is 4.98 Å². The van der Waals surface area contributed by atoms with Crippen LogP contribution in [0.4, 0.5) is 5.82 Å². The van der Waals surface area contributed by atoms with E-state index in [1.54, 1.807) is 0 Å². The molecule has 0 aromatic carbocycles. The first kappa shape index (κ1) is 11.9. The predicted octanol–water partition coefficient (Wildman–Crippen LogP) is 2.69. The van der Waals surface area contributed by atoms with Gasteiger partial charge >= 0.3 is 0 Å². The van der Waals surface area contributed by atoms with Crippen molar-refractivity contribution < 1.29 is 0 Å². The summed E-state index contributed by atoms with van der Waals surface area (Å²) in [4.78, 5) is 4.34. The Morgan fingerprint density at radius 2 is 2.31 bits per heavy atom. The predicted molar refractivity (Wildman–Crippen MR) is 70.5 cm³/mol. The average Bonchev–Trinajstić information content (AvgIpc) is 3.02. The second-order valence-electron chi connectivity index (χ2n) is 4.68. The topological polar surface area (TPSA) is 50.9 Å². The number of rotatable bonds is 5. The maximum Gasteiger partial charge on any atom is 0.140 e. The van der Waals surface area contributed by atoms with Crippen LogP contribution >= 0.6 is 15.9 Å². The van der Waals surface area contributed by atoms with Crippen molar-refractivity contribution in [3.63, 3.8) is 0 Å². The summed E-state index contributed by atoms with van der Waals surface area (Å²) >= 11 is 3.56. The highest BCUT2D eigenvalue weighted by molar-refractivity contribution is 9.10. The Labute approximate surface area is 105 Å². The molecule has 1 aromatic heterocycles. The Morgan fingerprint density at radius 1 is 1.56 bits per heavy atom. The van der Waals surface area contributed by atoms with E-state index in [1.165, 1.54) is 18.4 Å². The molecule has 1 fully saturated rings. The number of pyridine rings is 1. The van der Waals surface area contributed by atoms with Crippen LogP contribution in [0.5, 0.6) is 0 Å². The maximum absolute atomic E-state index is 5.62. The normalized spacial score (nSPS) is 17.2. The lowest BCUT2D eigenvalue weighted by Gasteiger charge is -2.16. The zero-order chi connectivity index (χ0) is 11.6. The van der Waals surface area contributed by atoms with Crippen molar-refractivity contribution in [3.8, 4) is 0 Å². The average molecular weight is 284 g/mol. The first-order chi connectivity index (χ1) is 7.67. The minimum absolute atomic E-state index is 0.444. The van der Waals surface area contributed by atoms with Gasteiger partial charge in [-0.05, 0) is 65.7 Å². The standard InChI is InChI=1S/C12H18BrN3/c1-9-2-7-15-11(10(9)13)16-8-12(3-4-12)5-6-14/h2,7H,3-6,8,14H2,1H3,(H,15,16). The number of anilines is 1. The van der Waals surface area contributed by atoms with Gasteiger partial charge < -0.3 is 11.1 Å². The van der Waals surface area contributed by atoms with Crippen LogP contribution in [0.2, 0.25) is 0 Å². The molecule has 0 bridgehead atoms. The van der Waals surface area contributed by atoms with E-state index in [9.17, 15) is 0 Å². The highest BCUT2D eigenvalue weighted by Crippen LogP contribution is 2.48. The first-order valence-corrected chi connectivity index (χ1v) is 6.51. The Balaban J connectivity index is 1.97. The van der Waals surface area contributed by atoms with Crippen LogP contribution in [0.1, 0.15) is 24.8 Å². The molecule has 0 spiro atoms. The van der Waals surface area contributed by atoms with Crippen molar-refractivity contribution in [3.05, 3.63) is 22.3 Å². The van der Waals surface area contributed by atoms with E-state index in [-0.39, 0.29) is 0 Å². The molecular formula is C12H18BrN3. The van der Waals surface area contributed by atoms with Gasteiger partial charge in [-0.3, -0.25) is 0 Å². The smallest absolute Gasteiger partial charge is 0.140 e. The quantitative estimate of drug-likeness (QED) is 0.874. The Bertz CT molecular complexity index is 375. The maximum atomic E-state index is 5.62. The number of nitrogens with two attached hydrogens (primary N) is 1. The zero-order valence-corrected chi connectivity index (χ0v) is 11.2. The molecule has 0 amide bonds. The van der Waals surface area contributed by atoms with Crippen LogP contribution in [0, 0.1) is 12.3 Å². The molecule has 0 unspecified atom stereocenters.